The number of carbonyl (C=O) groups excluding carboxylic acids is 1. The summed E-state index contributed by atoms with van der Waals surface area (Å²) in [6, 6.07) is 8.20. The number of hydrogen-bond donors (Lipinski definition) is 1. The van der Waals surface area contributed by atoms with Gasteiger partial charge < -0.3 is 15.1 Å². The van der Waals surface area contributed by atoms with Crippen LogP contribution in [0.4, 0.5) is 5.69 Å². The van der Waals surface area contributed by atoms with Crippen molar-refractivity contribution in [1.82, 2.24) is 10.2 Å². The van der Waals surface area contributed by atoms with E-state index in [1.54, 1.807) is 0 Å². The van der Waals surface area contributed by atoms with Gasteiger partial charge in [-0.2, -0.15) is 0 Å². The normalized spacial score (nSPS) is 21.3. The molecule has 4 nitrogen and oxygen atoms in total. The van der Waals surface area contributed by atoms with Crippen molar-refractivity contribution in [1.29, 1.82) is 0 Å². The Hall–Kier alpha value is -0.970. The van der Waals surface area contributed by atoms with Gasteiger partial charge in [0.05, 0.1) is 0 Å². The van der Waals surface area contributed by atoms with Crippen LogP contribution in [0, 0.1) is 11.8 Å². The van der Waals surface area contributed by atoms with Crippen molar-refractivity contribution in [2.24, 2.45) is 11.8 Å². The maximum atomic E-state index is 12.7. The third-order valence-corrected chi connectivity index (χ3v) is 5.32. The van der Waals surface area contributed by atoms with Crippen LogP contribution >= 0.6 is 24.8 Å². The van der Waals surface area contributed by atoms with E-state index in [9.17, 15) is 4.79 Å². The zero-order valence-corrected chi connectivity index (χ0v) is 16.9. The highest BCUT2D eigenvalue weighted by Crippen LogP contribution is 2.27. The fourth-order valence-corrected chi connectivity index (χ4v) is 3.84. The first-order valence-electron chi connectivity index (χ1n) is 9.08. The van der Waals surface area contributed by atoms with Crippen LogP contribution < -0.4 is 10.2 Å². The number of halogens is 2. The predicted octanol–water partition coefficient (Wildman–Crippen LogP) is 3.45. The summed E-state index contributed by atoms with van der Waals surface area (Å²) in [5.74, 6) is 1.51. The first-order valence-corrected chi connectivity index (χ1v) is 9.08. The average molecular weight is 388 g/mol. The summed E-state index contributed by atoms with van der Waals surface area (Å²) in [6.45, 7) is 10.5. The molecule has 2 aliphatic rings. The molecule has 3 rings (SSSR count). The molecular weight excluding hydrogens is 357 g/mol. The molecule has 2 aliphatic heterocycles. The Morgan fingerprint density at radius 2 is 1.72 bits per heavy atom. The van der Waals surface area contributed by atoms with Gasteiger partial charge in [-0.15, -0.1) is 24.8 Å². The molecule has 0 spiro atoms. The van der Waals surface area contributed by atoms with E-state index in [0.29, 0.717) is 11.8 Å². The van der Waals surface area contributed by atoms with Gasteiger partial charge in [-0.3, -0.25) is 4.79 Å². The minimum absolute atomic E-state index is 0. The zero-order valence-electron chi connectivity index (χ0n) is 15.2. The molecule has 2 fully saturated rings. The van der Waals surface area contributed by atoms with Crippen molar-refractivity contribution in [2.45, 2.75) is 26.7 Å². The van der Waals surface area contributed by atoms with Crippen LogP contribution in [-0.2, 0) is 0 Å². The first kappa shape index (κ1) is 22.1. The second-order valence-electron chi connectivity index (χ2n) is 6.87. The van der Waals surface area contributed by atoms with Crippen molar-refractivity contribution in [3.05, 3.63) is 29.8 Å². The lowest BCUT2D eigenvalue weighted by atomic mass is 10.0. The highest BCUT2D eigenvalue weighted by molar-refractivity contribution is 5.94. The smallest absolute Gasteiger partial charge is 0.253 e. The van der Waals surface area contributed by atoms with Crippen LogP contribution in [0.5, 0.6) is 0 Å². The quantitative estimate of drug-likeness (QED) is 0.811. The molecule has 1 aromatic rings. The van der Waals surface area contributed by atoms with Gasteiger partial charge in [0, 0.05) is 50.5 Å². The highest BCUT2D eigenvalue weighted by Gasteiger charge is 2.38. The van der Waals surface area contributed by atoms with Crippen molar-refractivity contribution < 1.29 is 4.79 Å². The molecule has 0 saturated carbocycles. The summed E-state index contributed by atoms with van der Waals surface area (Å²) >= 11 is 0. The van der Waals surface area contributed by atoms with Gasteiger partial charge in [-0.25, -0.2) is 0 Å². The molecule has 1 amide bonds. The number of benzene rings is 1. The van der Waals surface area contributed by atoms with Gasteiger partial charge in [-0.1, -0.05) is 13.3 Å². The van der Waals surface area contributed by atoms with E-state index in [1.807, 2.05) is 17.0 Å². The third kappa shape index (κ3) is 5.02. The van der Waals surface area contributed by atoms with E-state index >= 15 is 0 Å². The monoisotopic (exact) mass is 387 g/mol. The Bertz CT molecular complexity index is 526. The molecule has 142 valence electrons. The second kappa shape index (κ2) is 10.2. The summed E-state index contributed by atoms with van der Waals surface area (Å²) in [6.07, 6.45) is 2.42. The number of fused-ring (bicyclic) bond motifs is 1. The van der Waals surface area contributed by atoms with Crippen molar-refractivity contribution in [3.63, 3.8) is 0 Å². The fraction of sp³-hybridized carbons (Fsp3) is 0.632. The summed E-state index contributed by atoms with van der Waals surface area (Å²) in [7, 11) is 0. The lowest BCUT2D eigenvalue weighted by Crippen LogP contribution is -2.32. The van der Waals surface area contributed by atoms with Gasteiger partial charge >= 0.3 is 0 Å². The molecule has 2 heterocycles. The molecule has 0 radical (unpaired) electrons. The van der Waals surface area contributed by atoms with Crippen LogP contribution in [0.2, 0.25) is 0 Å². The summed E-state index contributed by atoms with van der Waals surface area (Å²) in [5, 5.41) is 3.42. The number of unbranched alkanes of at least 4 members (excludes halogenated alkanes) is 1. The topological polar surface area (TPSA) is 35.6 Å². The van der Waals surface area contributed by atoms with E-state index in [1.165, 1.54) is 18.5 Å². The van der Waals surface area contributed by atoms with Crippen LogP contribution in [-0.4, -0.2) is 50.1 Å². The number of anilines is 1. The number of rotatable bonds is 6. The van der Waals surface area contributed by atoms with E-state index in [0.717, 1.165) is 44.8 Å². The van der Waals surface area contributed by atoms with Gasteiger partial charge in [0.2, 0.25) is 0 Å². The molecular formula is C19H31Cl2N3O. The van der Waals surface area contributed by atoms with Crippen molar-refractivity contribution in [3.8, 4) is 0 Å². The molecule has 25 heavy (non-hydrogen) atoms. The Morgan fingerprint density at radius 1 is 1.12 bits per heavy atom. The fourth-order valence-electron chi connectivity index (χ4n) is 3.84. The maximum absolute atomic E-state index is 12.7. The molecule has 0 bridgehead atoms. The third-order valence-electron chi connectivity index (χ3n) is 5.32. The van der Waals surface area contributed by atoms with Crippen LogP contribution in [0.1, 0.15) is 37.0 Å². The molecule has 2 saturated heterocycles. The van der Waals surface area contributed by atoms with Gasteiger partial charge in [0.15, 0.2) is 0 Å². The molecule has 0 aliphatic carbocycles. The first-order chi connectivity index (χ1) is 11.2. The van der Waals surface area contributed by atoms with Crippen molar-refractivity contribution in [2.75, 3.05) is 44.2 Å². The average Bonchev–Trinajstić information content (AvgIpc) is 3.17. The minimum Gasteiger partial charge on any atom is -0.372 e. The number of amides is 1. The van der Waals surface area contributed by atoms with Gasteiger partial charge in [0.1, 0.15) is 0 Å². The Labute approximate surface area is 164 Å². The number of nitrogens with zero attached hydrogens (tertiary/aromatic N) is 2. The van der Waals surface area contributed by atoms with E-state index < -0.39 is 0 Å². The number of nitrogens with one attached hydrogen (secondary N) is 1. The van der Waals surface area contributed by atoms with Gasteiger partial charge in [-0.05, 0) is 49.4 Å². The Kier molecular flexibility index (Phi) is 9.04. The summed E-state index contributed by atoms with van der Waals surface area (Å²) < 4.78 is 0. The SMILES string of the molecule is CCCCN(CC)c1ccc(C(=O)N2C[C@H]3CNC[C@H]3C2)cc1.Cl.Cl. The van der Waals surface area contributed by atoms with Crippen LogP contribution in [0.25, 0.3) is 0 Å². The Balaban J connectivity index is 0.00000156. The Morgan fingerprint density at radius 3 is 2.24 bits per heavy atom. The van der Waals surface area contributed by atoms with Crippen molar-refractivity contribution >= 4 is 36.4 Å². The largest absolute Gasteiger partial charge is 0.372 e. The lowest BCUT2D eigenvalue weighted by molar-refractivity contribution is 0.0781. The maximum Gasteiger partial charge on any atom is 0.253 e. The zero-order chi connectivity index (χ0) is 16.2. The summed E-state index contributed by atoms with van der Waals surface area (Å²) in [5.41, 5.74) is 2.05. The van der Waals surface area contributed by atoms with E-state index in [-0.39, 0.29) is 30.7 Å². The number of hydrogen-bond acceptors (Lipinski definition) is 3. The molecule has 0 aromatic heterocycles. The van der Waals surface area contributed by atoms with Gasteiger partial charge in [0.25, 0.3) is 5.91 Å². The predicted molar refractivity (Wildman–Crippen MR) is 109 cm³/mol. The van der Waals surface area contributed by atoms with E-state index in [4.69, 9.17) is 0 Å². The standard InChI is InChI=1S/C19H29N3O.2ClH/c1-3-5-10-21(4-2)18-8-6-15(7-9-18)19(23)22-13-16-11-20-12-17(16)14-22;;/h6-9,16-17,20H,3-5,10-14H2,1-2H3;2*1H/t16-,17+;;. The summed E-state index contributed by atoms with van der Waals surface area (Å²) in [4.78, 5) is 17.1. The number of likely N-dealkylation sites (tertiary alicyclic amines) is 1. The molecule has 1 aromatic carbocycles. The highest BCUT2D eigenvalue weighted by atomic mass is 35.5. The number of carbonyl (C=O) groups is 1. The molecule has 0 unspecified atom stereocenters. The minimum atomic E-state index is 0. The second-order valence-corrected chi connectivity index (χ2v) is 6.87. The molecule has 6 heteroatoms. The molecule has 2 atom stereocenters. The van der Waals surface area contributed by atoms with E-state index in [2.05, 4.69) is 36.2 Å². The molecule has 1 N–H and O–H groups in total. The van der Waals surface area contributed by atoms with Crippen LogP contribution in [0.15, 0.2) is 24.3 Å². The lowest BCUT2D eigenvalue weighted by Gasteiger charge is -2.23. The van der Waals surface area contributed by atoms with Crippen LogP contribution in [0.3, 0.4) is 0 Å².